The van der Waals surface area contributed by atoms with Gasteiger partial charge in [0.25, 0.3) is 0 Å². The average Bonchev–Trinajstić information content (AvgIpc) is 2.44. The number of aryl methyl sites for hydroxylation is 1. The summed E-state index contributed by atoms with van der Waals surface area (Å²) in [5.41, 5.74) is 2.53. The summed E-state index contributed by atoms with van der Waals surface area (Å²) >= 11 is 0. The molecule has 0 saturated carbocycles. The van der Waals surface area contributed by atoms with Crippen molar-refractivity contribution in [2.75, 3.05) is 25.0 Å². The number of hydrogen-bond donors (Lipinski definition) is 2. The molecule has 0 spiro atoms. The highest BCUT2D eigenvalue weighted by atomic mass is 16.3. The SMILES string of the molecule is CCN(CCO)C(=O)Nc1cc(C)cc2cccnc12. The summed E-state index contributed by atoms with van der Waals surface area (Å²) in [5, 5.41) is 12.8. The van der Waals surface area contributed by atoms with Crippen LogP contribution < -0.4 is 5.32 Å². The van der Waals surface area contributed by atoms with Crippen molar-refractivity contribution in [3.8, 4) is 0 Å². The normalized spacial score (nSPS) is 10.6. The average molecular weight is 273 g/mol. The van der Waals surface area contributed by atoms with E-state index >= 15 is 0 Å². The van der Waals surface area contributed by atoms with E-state index in [1.165, 1.54) is 0 Å². The number of aromatic nitrogens is 1. The number of carbonyl (C=O) groups excluding carboxylic acids is 1. The van der Waals surface area contributed by atoms with Crippen LogP contribution in [0.25, 0.3) is 10.9 Å². The number of amides is 2. The molecule has 2 aromatic rings. The van der Waals surface area contributed by atoms with Gasteiger partial charge in [-0.2, -0.15) is 0 Å². The van der Waals surface area contributed by atoms with E-state index in [9.17, 15) is 4.79 Å². The minimum Gasteiger partial charge on any atom is -0.395 e. The summed E-state index contributed by atoms with van der Waals surface area (Å²) in [5.74, 6) is 0. The Balaban J connectivity index is 2.31. The first-order valence-electron chi connectivity index (χ1n) is 6.68. The summed E-state index contributed by atoms with van der Waals surface area (Å²) in [7, 11) is 0. The zero-order valence-electron chi connectivity index (χ0n) is 11.8. The molecule has 0 aliphatic rings. The molecule has 5 nitrogen and oxygen atoms in total. The number of fused-ring (bicyclic) bond motifs is 1. The van der Waals surface area contributed by atoms with E-state index in [0.29, 0.717) is 18.8 Å². The van der Waals surface area contributed by atoms with E-state index < -0.39 is 0 Å². The Kier molecular flexibility index (Phi) is 4.53. The molecule has 0 saturated heterocycles. The number of nitrogens with zero attached hydrogens (tertiary/aromatic N) is 2. The highest BCUT2D eigenvalue weighted by molar-refractivity contribution is 5.99. The Labute approximate surface area is 118 Å². The van der Waals surface area contributed by atoms with Crippen molar-refractivity contribution in [1.29, 1.82) is 0 Å². The van der Waals surface area contributed by atoms with Crippen LogP contribution in [0.3, 0.4) is 0 Å². The summed E-state index contributed by atoms with van der Waals surface area (Å²) < 4.78 is 0. The van der Waals surface area contributed by atoms with Crippen LogP contribution in [0.2, 0.25) is 0 Å². The lowest BCUT2D eigenvalue weighted by Crippen LogP contribution is -2.36. The van der Waals surface area contributed by atoms with Crippen molar-refractivity contribution in [3.63, 3.8) is 0 Å². The number of nitrogens with one attached hydrogen (secondary N) is 1. The second-order valence-electron chi connectivity index (χ2n) is 4.62. The highest BCUT2D eigenvalue weighted by Gasteiger charge is 2.13. The fraction of sp³-hybridized carbons (Fsp3) is 0.333. The van der Waals surface area contributed by atoms with Crippen molar-refractivity contribution in [2.24, 2.45) is 0 Å². The fourth-order valence-corrected chi connectivity index (χ4v) is 2.16. The van der Waals surface area contributed by atoms with Gasteiger partial charge in [-0.15, -0.1) is 0 Å². The minimum absolute atomic E-state index is 0.0475. The Hall–Kier alpha value is -2.14. The third-order valence-electron chi connectivity index (χ3n) is 3.13. The van der Waals surface area contributed by atoms with Gasteiger partial charge in [0.2, 0.25) is 0 Å². The van der Waals surface area contributed by atoms with Gasteiger partial charge in [-0.1, -0.05) is 6.07 Å². The molecule has 1 aromatic heterocycles. The van der Waals surface area contributed by atoms with E-state index in [1.807, 2.05) is 38.1 Å². The van der Waals surface area contributed by atoms with E-state index in [0.717, 1.165) is 16.5 Å². The molecule has 2 rings (SSSR count). The zero-order valence-corrected chi connectivity index (χ0v) is 11.8. The number of likely N-dealkylation sites (N-methyl/N-ethyl adjacent to an activating group) is 1. The summed E-state index contributed by atoms with van der Waals surface area (Å²) in [4.78, 5) is 18.0. The van der Waals surface area contributed by atoms with Crippen molar-refractivity contribution in [1.82, 2.24) is 9.88 Å². The number of hydrogen-bond acceptors (Lipinski definition) is 3. The number of aliphatic hydroxyl groups excluding tert-OH is 1. The molecule has 0 aliphatic carbocycles. The largest absolute Gasteiger partial charge is 0.395 e. The smallest absolute Gasteiger partial charge is 0.321 e. The standard InChI is InChI=1S/C15H19N3O2/c1-3-18(7-8-19)15(20)17-13-10-11(2)9-12-5-4-6-16-14(12)13/h4-6,9-10,19H,3,7-8H2,1-2H3,(H,17,20). The molecule has 0 bridgehead atoms. The Morgan fingerprint density at radius 1 is 1.45 bits per heavy atom. The van der Waals surface area contributed by atoms with Gasteiger partial charge in [0, 0.05) is 24.7 Å². The lowest BCUT2D eigenvalue weighted by molar-refractivity contribution is 0.192. The Morgan fingerprint density at radius 3 is 2.95 bits per heavy atom. The monoisotopic (exact) mass is 273 g/mol. The predicted molar refractivity (Wildman–Crippen MR) is 79.8 cm³/mol. The lowest BCUT2D eigenvalue weighted by Gasteiger charge is -2.20. The van der Waals surface area contributed by atoms with Gasteiger partial charge in [-0.3, -0.25) is 4.98 Å². The van der Waals surface area contributed by atoms with Crippen LogP contribution in [-0.4, -0.2) is 40.7 Å². The molecule has 0 unspecified atom stereocenters. The maximum absolute atomic E-state index is 12.2. The van der Waals surface area contributed by atoms with Crippen LogP contribution in [0.1, 0.15) is 12.5 Å². The van der Waals surface area contributed by atoms with Crippen LogP contribution >= 0.6 is 0 Å². The Morgan fingerprint density at radius 2 is 2.25 bits per heavy atom. The third-order valence-corrected chi connectivity index (χ3v) is 3.13. The summed E-state index contributed by atoms with van der Waals surface area (Å²) in [6, 6.07) is 7.55. The van der Waals surface area contributed by atoms with Crippen molar-refractivity contribution in [2.45, 2.75) is 13.8 Å². The molecule has 1 heterocycles. The van der Waals surface area contributed by atoms with Crippen molar-refractivity contribution in [3.05, 3.63) is 36.0 Å². The topological polar surface area (TPSA) is 65.5 Å². The molecule has 1 aromatic carbocycles. The molecule has 0 radical (unpaired) electrons. The minimum atomic E-state index is -0.223. The maximum atomic E-state index is 12.2. The van der Waals surface area contributed by atoms with Crippen LogP contribution in [-0.2, 0) is 0 Å². The van der Waals surface area contributed by atoms with E-state index in [-0.39, 0.29) is 12.6 Å². The molecule has 5 heteroatoms. The predicted octanol–water partition coefficient (Wildman–Crippen LogP) is 2.39. The number of anilines is 1. The van der Waals surface area contributed by atoms with Crippen LogP contribution in [0.5, 0.6) is 0 Å². The molecule has 0 aliphatic heterocycles. The van der Waals surface area contributed by atoms with Crippen molar-refractivity contribution < 1.29 is 9.90 Å². The second kappa shape index (κ2) is 6.34. The number of benzene rings is 1. The molecule has 0 atom stereocenters. The molecule has 2 N–H and O–H groups in total. The molecule has 20 heavy (non-hydrogen) atoms. The van der Waals surface area contributed by atoms with Gasteiger partial charge in [-0.05, 0) is 37.6 Å². The molecule has 0 fully saturated rings. The molecular weight excluding hydrogens is 254 g/mol. The van der Waals surface area contributed by atoms with Crippen LogP contribution in [0.4, 0.5) is 10.5 Å². The van der Waals surface area contributed by atoms with Gasteiger partial charge >= 0.3 is 6.03 Å². The maximum Gasteiger partial charge on any atom is 0.321 e. The van der Waals surface area contributed by atoms with E-state index in [2.05, 4.69) is 10.3 Å². The Bertz CT molecular complexity index is 613. The zero-order chi connectivity index (χ0) is 14.5. The number of urea groups is 1. The number of pyridine rings is 1. The second-order valence-corrected chi connectivity index (χ2v) is 4.62. The lowest BCUT2D eigenvalue weighted by atomic mass is 10.1. The number of carbonyl (C=O) groups is 1. The molecule has 2 amide bonds. The van der Waals surface area contributed by atoms with Crippen LogP contribution in [0.15, 0.2) is 30.5 Å². The van der Waals surface area contributed by atoms with Gasteiger partial charge in [-0.25, -0.2) is 4.79 Å². The first-order chi connectivity index (χ1) is 9.65. The van der Waals surface area contributed by atoms with Gasteiger partial charge < -0.3 is 15.3 Å². The highest BCUT2D eigenvalue weighted by Crippen LogP contribution is 2.23. The fourth-order valence-electron chi connectivity index (χ4n) is 2.16. The third kappa shape index (κ3) is 3.05. The first kappa shape index (κ1) is 14.3. The van der Waals surface area contributed by atoms with E-state index in [1.54, 1.807) is 11.1 Å². The van der Waals surface area contributed by atoms with Gasteiger partial charge in [0.1, 0.15) is 0 Å². The quantitative estimate of drug-likeness (QED) is 0.899. The van der Waals surface area contributed by atoms with Crippen molar-refractivity contribution >= 4 is 22.6 Å². The first-order valence-corrected chi connectivity index (χ1v) is 6.68. The number of aliphatic hydroxyl groups is 1. The van der Waals surface area contributed by atoms with Gasteiger partial charge in [0.05, 0.1) is 17.8 Å². The summed E-state index contributed by atoms with van der Waals surface area (Å²) in [6.45, 7) is 4.67. The van der Waals surface area contributed by atoms with Gasteiger partial charge in [0.15, 0.2) is 0 Å². The number of rotatable bonds is 4. The molecular formula is C15H19N3O2. The summed E-state index contributed by atoms with van der Waals surface area (Å²) in [6.07, 6.45) is 1.71. The molecule has 106 valence electrons. The van der Waals surface area contributed by atoms with E-state index in [4.69, 9.17) is 5.11 Å². The van der Waals surface area contributed by atoms with Crippen LogP contribution in [0, 0.1) is 6.92 Å².